The molecular weight excluding hydrogens is 345 g/mol. The van der Waals surface area contributed by atoms with Gasteiger partial charge in [-0.15, -0.1) is 0 Å². The molecule has 0 fully saturated rings. The van der Waals surface area contributed by atoms with E-state index >= 15 is 0 Å². The molecule has 0 aliphatic rings. The summed E-state index contributed by atoms with van der Waals surface area (Å²) in [7, 11) is -4.54. The van der Waals surface area contributed by atoms with Crippen LogP contribution in [-0.2, 0) is 21.0 Å². The lowest BCUT2D eigenvalue weighted by Gasteiger charge is -2.17. The molecule has 0 bridgehead atoms. The van der Waals surface area contributed by atoms with Gasteiger partial charge in [-0.25, -0.2) is 8.42 Å². The molecule has 0 unspecified atom stereocenters. The highest BCUT2D eigenvalue weighted by Gasteiger charge is 2.38. The Hall–Kier alpha value is -1.32. The molecule has 1 rings (SSSR count). The molecule has 2 N–H and O–H groups in total. The molecule has 1 aromatic rings. The summed E-state index contributed by atoms with van der Waals surface area (Å²) in [6.45, 7) is 3.12. The minimum Gasteiger partial charge on any atom is -0.355 e. The van der Waals surface area contributed by atoms with E-state index in [0.717, 1.165) is 12.1 Å². The fourth-order valence-corrected chi connectivity index (χ4v) is 3.22. The first kappa shape index (κ1) is 18.7. The average molecular weight is 359 g/mol. The van der Waals surface area contributed by atoms with Crippen molar-refractivity contribution in [1.82, 2.24) is 10.0 Å². The van der Waals surface area contributed by atoms with Gasteiger partial charge in [-0.3, -0.25) is 4.79 Å². The molecule has 1 aromatic carbocycles. The number of sulfonamides is 1. The number of alkyl halides is 3. The van der Waals surface area contributed by atoms with E-state index in [4.69, 9.17) is 11.6 Å². The highest BCUT2D eigenvalue weighted by Crippen LogP contribution is 2.35. The van der Waals surface area contributed by atoms with Gasteiger partial charge in [0.2, 0.25) is 15.9 Å². The number of likely N-dealkylation sites (N-methyl/N-ethyl adjacent to an activating group) is 1. The Labute approximate surface area is 130 Å². The Kier molecular flexibility index (Phi) is 5.82. The zero-order valence-electron chi connectivity index (χ0n) is 11.7. The summed E-state index contributed by atoms with van der Waals surface area (Å²) < 4.78 is 64.9. The highest BCUT2D eigenvalue weighted by atomic mass is 35.5. The summed E-state index contributed by atoms with van der Waals surface area (Å²) in [5.74, 6) is -0.645. The summed E-state index contributed by atoms with van der Waals surface area (Å²) >= 11 is 5.49. The average Bonchev–Trinajstić information content (AvgIpc) is 2.37. The van der Waals surface area contributed by atoms with Crippen molar-refractivity contribution in [3.05, 3.63) is 28.8 Å². The zero-order valence-corrected chi connectivity index (χ0v) is 13.2. The van der Waals surface area contributed by atoms with Gasteiger partial charge in [-0.2, -0.15) is 17.9 Å². The predicted molar refractivity (Wildman–Crippen MR) is 74.9 cm³/mol. The third kappa shape index (κ3) is 4.59. The van der Waals surface area contributed by atoms with E-state index in [1.807, 2.05) is 4.72 Å². The van der Waals surface area contributed by atoms with Crippen molar-refractivity contribution in [3.63, 3.8) is 0 Å². The highest BCUT2D eigenvalue weighted by molar-refractivity contribution is 7.89. The van der Waals surface area contributed by atoms with E-state index in [9.17, 15) is 26.4 Å². The Bertz CT molecular complexity index is 662. The number of hydrogen-bond donors (Lipinski definition) is 2. The van der Waals surface area contributed by atoms with Crippen LogP contribution in [-0.4, -0.2) is 26.9 Å². The Morgan fingerprint density at radius 3 is 2.45 bits per heavy atom. The van der Waals surface area contributed by atoms with Crippen LogP contribution < -0.4 is 10.0 Å². The number of benzene rings is 1. The lowest BCUT2D eigenvalue weighted by molar-refractivity contribution is -0.139. The molecule has 0 heterocycles. The number of carbonyl (C=O) groups is 1. The molecule has 124 valence electrons. The zero-order chi connectivity index (χ0) is 17.1. The third-order valence-electron chi connectivity index (χ3n) is 2.61. The number of carbonyl (C=O) groups excluding carboxylic acids is 1. The summed E-state index contributed by atoms with van der Waals surface area (Å²) in [4.78, 5) is 10.5. The first-order valence-corrected chi connectivity index (χ1v) is 8.02. The van der Waals surface area contributed by atoms with E-state index in [0.29, 0.717) is 6.07 Å². The fraction of sp³-hybridized carbons (Fsp3) is 0.417. The van der Waals surface area contributed by atoms with Gasteiger partial charge in [0.15, 0.2) is 0 Å². The van der Waals surface area contributed by atoms with Crippen LogP contribution in [0.5, 0.6) is 0 Å². The van der Waals surface area contributed by atoms with E-state index in [-0.39, 0.29) is 11.6 Å². The van der Waals surface area contributed by atoms with Gasteiger partial charge in [-0.05, 0) is 32.0 Å². The van der Waals surface area contributed by atoms with Crippen LogP contribution in [0.15, 0.2) is 23.1 Å². The van der Waals surface area contributed by atoms with Crippen LogP contribution >= 0.6 is 11.6 Å². The number of amides is 1. The fourth-order valence-electron chi connectivity index (χ4n) is 1.64. The van der Waals surface area contributed by atoms with Gasteiger partial charge in [0.1, 0.15) is 0 Å². The van der Waals surface area contributed by atoms with Gasteiger partial charge in [0.25, 0.3) is 0 Å². The maximum Gasteiger partial charge on any atom is 0.417 e. The molecule has 5 nitrogen and oxygen atoms in total. The molecule has 22 heavy (non-hydrogen) atoms. The lowest BCUT2D eigenvalue weighted by atomic mass is 10.2. The van der Waals surface area contributed by atoms with Gasteiger partial charge in [0, 0.05) is 11.6 Å². The minimum absolute atomic E-state index is 0.247. The van der Waals surface area contributed by atoms with Crippen molar-refractivity contribution < 1.29 is 26.4 Å². The van der Waals surface area contributed by atoms with Crippen molar-refractivity contribution in [3.8, 4) is 0 Å². The van der Waals surface area contributed by atoms with Gasteiger partial charge >= 0.3 is 6.18 Å². The summed E-state index contributed by atoms with van der Waals surface area (Å²) in [5, 5.41) is 2.12. The van der Waals surface area contributed by atoms with E-state index < -0.39 is 38.6 Å². The smallest absolute Gasteiger partial charge is 0.355 e. The molecule has 0 saturated carbocycles. The topological polar surface area (TPSA) is 75.3 Å². The molecule has 0 saturated heterocycles. The number of hydrogen-bond acceptors (Lipinski definition) is 3. The van der Waals surface area contributed by atoms with Crippen LogP contribution in [0, 0.1) is 0 Å². The van der Waals surface area contributed by atoms with Crippen LogP contribution in [0.1, 0.15) is 19.4 Å². The lowest BCUT2D eigenvalue weighted by Crippen LogP contribution is -2.44. The number of nitrogens with one attached hydrogen (secondary N) is 2. The standard InChI is InChI=1S/C12H14ClF3N2O3S/c1-3-17-11(19)7(2)18-22(20,21)10-5-4-8(13)6-9(10)12(14,15)16/h4-7,18H,3H2,1-2H3,(H,17,19)/t7-/m1/s1. The quantitative estimate of drug-likeness (QED) is 0.847. The number of halogens is 4. The summed E-state index contributed by atoms with van der Waals surface area (Å²) in [6, 6.07) is 1.08. The van der Waals surface area contributed by atoms with Crippen LogP contribution in [0.3, 0.4) is 0 Å². The SMILES string of the molecule is CCNC(=O)[C@@H](C)NS(=O)(=O)c1ccc(Cl)cc1C(F)(F)F. The minimum atomic E-state index is -4.90. The second kappa shape index (κ2) is 6.84. The third-order valence-corrected chi connectivity index (χ3v) is 4.45. The van der Waals surface area contributed by atoms with Crippen LogP contribution in [0.25, 0.3) is 0 Å². The van der Waals surface area contributed by atoms with Gasteiger partial charge < -0.3 is 5.32 Å². The molecule has 1 atom stereocenters. The Morgan fingerprint density at radius 1 is 1.36 bits per heavy atom. The van der Waals surface area contributed by atoms with E-state index in [1.165, 1.54) is 6.92 Å². The van der Waals surface area contributed by atoms with E-state index in [1.54, 1.807) is 6.92 Å². The van der Waals surface area contributed by atoms with Crippen molar-refractivity contribution in [2.75, 3.05) is 6.54 Å². The Morgan fingerprint density at radius 2 is 1.95 bits per heavy atom. The number of rotatable bonds is 5. The second-order valence-electron chi connectivity index (χ2n) is 4.38. The Balaban J connectivity index is 3.21. The summed E-state index contributed by atoms with van der Waals surface area (Å²) in [6.07, 6.45) is -4.90. The molecule has 0 aliphatic heterocycles. The largest absolute Gasteiger partial charge is 0.417 e. The van der Waals surface area contributed by atoms with Crippen molar-refractivity contribution in [2.24, 2.45) is 0 Å². The van der Waals surface area contributed by atoms with Crippen molar-refractivity contribution >= 4 is 27.5 Å². The molecule has 0 aliphatic carbocycles. The van der Waals surface area contributed by atoms with Crippen LogP contribution in [0.2, 0.25) is 5.02 Å². The maximum atomic E-state index is 12.9. The second-order valence-corrected chi connectivity index (χ2v) is 6.49. The van der Waals surface area contributed by atoms with Crippen molar-refractivity contribution in [1.29, 1.82) is 0 Å². The maximum absolute atomic E-state index is 12.9. The first-order valence-electron chi connectivity index (χ1n) is 6.16. The molecule has 1 amide bonds. The van der Waals surface area contributed by atoms with Crippen molar-refractivity contribution in [2.45, 2.75) is 31.0 Å². The molecule has 10 heteroatoms. The molecule has 0 spiro atoms. The molecular formula is C12H14ClF3N2O3S. The predicted octanol–water partition coefficient (Wildman–Crippen LogP) is 2.16. The summed E-state index contributed by atoms with van der Waals surface area (Å²) in [5.41, 5.74) is -1.39. The monoisotopic (exact) mass is 358 g/mol. The molecule has 0 aromatic heterocycles. The molecule has 0 radical (unpaired) electrons. The first-order chi connectivity index (χ1) is 9.99. The van der Waals surface area contributed by atoms with Gasteiger partial charge in [-0.1, -0.05) is 11.6 Å². The normalized spacial score (nSPS) is 13.7. The van der Waals surface area contributed by atoms with Crippen LogP contribution in [0.4, 0.5) is 13.2 Å². The van der Waals surface area contributed by atoms with E-state index in [2.05, 4.69) is 5.32 Å². The van der Waals surface area contributed by atoms with Gasteiger partial charge in [0.05, 0.1) is 16.5 Å².